The Kier molecular flexibility index (Phi) is 3.05. The quantitative estimate of drug-likeness (QED) is 0.585. The average Bonchev–Trinajstić information content (AvgIpc) is 2.98. The molecule has 4 aromatic rings. The molecule has 0 radical (unpaired) electrons. The number of anilines is 1. The number of para-hydroxylation sites is 1. The number of rotatable bonds is 2. The van der Waals surface area contributed by atoms with Crippen molar-refractivity contribution < 1.29 is 9.18 Å². The van der Waals surface area contributed by atoms with Gasteiger partial charge in [0.05, 0.1) is 11.2 Å². The molecule has 2 N–H and O–H groups in total. The van der Waals surface area contributed by atoms with Crippen LogP contribution in [0.5, 0.6) is 0 Å². The summed E-state index contributed by atoms with van der Waals surface area (Å²) in [6, 6.07) is 15.4. The van der Waals surface area contributed by atoms with Crippen molar-refractivity contribution in [3.05, 3.63) is 72.3 Å². The van der Waals surface area contributed by atoms with E-state index in [0.29, 0.717) is 22.3 Å². The maximum Gasteiger partial charge on any atom is 0.272 e. The molecular weight excluding hydrogens is 293 g/mol. The fraction of sp³-hybridized carbons (Fsp3) is 0. The molecule has 1 amide bonds. The summed E-state index contributed by atoms with van der Waals surface area (Å²) >= 11 is 0. The molecule has 0 bridgehead atoms. The van der Waals surface area contributed by atoms with E-state index in [2.05, 4.69) is 15.3 Å². The first kappa shape index (κ1) is 13.5. The maximum absolute atomic E-state index is 13.2. The zero-order chi connectivity index (χ0) is 15.8. The van der Waals surface area contributed by atoms with Crippen LogP contribution >= 0.6 is 0 Å². The van der Waals surface area contributed by atoms with Crippen molar-refractivity contribution in [1.29, 1.82) is 0 Å². The molecule has 2 heterocycles. The molecule has 23 heavy (non-hydrogen) atoms. The Morgan fingerprint density at radius 1 is 1.04 bits per heavy atom. The molecule has 0 fully saturated rings. The van der Waals surface area contributed by atoms with Crippen molar-refractivity contribution in [1.82, 2.24) is 9.97 Å². The second-order valence-electron chi connectivity index (χ2n) is 5.25. The fourth-order valence-electron chi connectivity index (χ4n) is 2.62. The number of pyridine rings is 1. The lowest BCUT2D eigenvalue weighted by Crippen LogP contribution is -2.12. The van der Waals surface area contributed by atoms with E-state index < -0.39 is 0 Å². The third kappa shape index (κ3) is 2.42. The summed E-state index contributed by atoms with van der Waals surface area (Å²) < 4.78 is 13.2. The molecule has 0 saturated heterocycles. The number of benzene rings is 2. The van der Waals surface area contributed by atoms with E-state index >= 15 is 0 Å². The van der Waals surface area contributed by atoms with Crippen molar-refractivity contribution in [2.24, 2.45) is 0 Å². The van der Waals surface area contributed by atoms with Gasteiger partial charge in [-0.1, -0.05) is 18.2 Å². The number of fused-ring (bicyclic) bond motifs is 2. The van der Waals surface area contributed by atoms with Gasteiger partial charge in [-0.3, -0.25) is 9.78 Å². The van der Waals surface area contributed by atoms with Gasteiger partial charge in [0.1, 0.15) is 11.5 Å². The number of carbonyl (C=O) groups is 1. The molecule has 0 atom stereocenters. The largest absolute Gasteiger partial charge is 0.351 e. The monoisotopic (exact) mass is 305 g/mol. The van der Waals surface area contributed by atoms with E-state index in [1.165, 1.54) is 12.1 Å². The summed E-state index contributed by atoms with van der Waals surface area (Å²) in [7, 11) is 0. The van der Waals surface area contributed by atoms with Crippen LogP contribution in [0.3, 0.4) is 0 Å². The van der Waals surface area contributed by atoms with Crippen LogP contribution in [0.1, 0.15) is 10.5 Å². The zero-order valence-corrected chi connectivity index (χ0v) is 12.0. The van der Waals surface area contributed by atoms with Crippen molar-refractivity contribution in [2.75, 3.05) is 5.32 Å². The van der Waals surface area contributed by atoms with E-state index in [1.54, 1.807) is 24.4 Å². The molecule has 2 aromatic heterocycles. The molecule has 0 aliphatic rings. The van der Waals surface area contributed by atoms with Crippen molar-refractivity contribution >= 4 is 33.4 Å². The average molecular weight is 305 g/mol. The molecule has 112 valence electrons. The van der Waals surface area contributed by atoms with Crippen LogP contribution in [0, 0.1) is 5.82 Å². The Balaban J connectivity index is 1.70. The number of aromatic amines is 1. The van der Waals surface area contributed by atoms with E-state index in [-0.39, 0.29) is 11.7 Å². The number of H-pyrrole nitrogens is 1. The molecular formula is C18H12FN3O. The van der Waals surface area contributed by atoms with Gasteiger partial charge >= 0.3 is 0 Å². The van der Waals surface area contributed by atoms with Crippen LogP contribution in [0.15, 0.2) is 60.8 Å². The third-order valence-electron chi connectivity index (χ3n) is 3.71. The summed E-state index contributed by atoms with van der Waals surface area (Å²) in [5, 5.41) is 4.46. The number of amides is 1. The van der Waals surface area contributed by atoms with Gasteiger partial charge in [0.25, 0.3) is 5.91 Å². The Morgan fingerprint density at radius 3 is 2.83 bits per heavy atom. The first-order valence-corrected chi connectivity index (χ1v) is 7.14. The Bertz CT molecular complexity index is 1030. The number of aromatic nitrogens is 2. The van der Waals surface area contributed by atoms with Gasteiger partial charge in [0, 0.05) is 22.5 Å². The minimum atomic E-state index is -0.332. The highest BCUT2D eigenvalue weighted by Crippen LogP contribution is 2.22. The predicted octanol–water partition coefficient (Wildman–Crippen LogP) is 4.11. The predicted molar refractivity (Wildman–Crippen MR) is 88.0 cm³/mol. The number of halogens is 1. The number of carbonyl (C=O) groups excluding carboxylic acids is 1. The number of hydrogen-bond acceptors (Lipinski definition) is 2. The standard InChI is InChI=1S/C18H12FN3O/c19-13-6-7-14-12(9-13)10-16(21-14)18(23)22-15-5-1-3-11-4-2-8-20-17(11)15/h1-10,21H,(H,22,23). The van der Waals surface area contributed by atoms with E-state index in [0.717, 1.165) is 10.9 Å². The van der Waals surface area contributed by atoms with Gasteiger partial charge in [-0.2, -0.15) is 0 Å². The maximum atomic E-state index is 13.2. The number of hydrogen-bond donors (Lipinski definition) is 2. The van der Waals surface area contributed by atoms with Gasteiger partial charge < -0.3 is 10.3 Å². The molecule has 4 nitrogen and oxygen atoms in total. The van der Waals surface area contributed by atoms with Gasteiger partial charge in [-0.25, -0.2) is 4.39 Å². The summed E-state index contributed by atoms with van der Waals surface area (Å²) in [5.41, 5.74) is 2.45. The van der Waals surface area contributed by atoms with E-state index in [9.17, 15) is 9.18 Å². The van der Waals surface area contributed by atoms with Gasteiger partial charge in [-0.15, -0.1) is 0 Å². The molecule has 0 spiro atoms. The smallest absolute Gasteiger partial charge is 0.272 e. The van der Waals surface area contributed by atoms with Gasteiger partial charge in [0.15, 0.2) is 0 Å². The minimum Gasteiger partial charge on any atom is -0.351 e. The topological polar surface area (TPSA) is 57.8 Å². The molecule has 0 saturated carbocycles. The summed E-state index contributed by atoms with van der Waals surface area (Å²) in [5.74, 6) is -0.624. The fourth-order valence-corrected chi connectivity index (χ4v) is 2.62. The first-order valence-electron chi connectivity index (χ1n) is 7.14. The van der Waals surface area contributed by atoms with Crippen molar-refractivity contribution in [3.8, 4) is 0 Å². The normalized spacial score (nSPS) is 11.0. The zero-order valence-electron chi connectivity index (χ0n) is 12.0. The second-order valence-corrected chi connectivity index (χ2v) is 5.25. The first-order chi connectivity index (χ1) is 11.2. The van der Waals surface area contributed by atoms with Crippen LogP contribution in [0.25, 0.3) is 21.8 Å². The van der Waals surface area contributed by atoms with Crippen LogP contribution in [0.4, 0.5) is 10.1 Å². The molecule has 0 aliphatic carbocycles. The highest BCUT2D eigenvalue weighted by molar-refractivity contribution is 6.09. The van der Waals surface area contributed by atoms with Crippen molar-refractivity contribution in [3.63, 3.8) is 0 Å². The van der Waals surface area contributed by atoms with E-state index in [4.69, 9.17) is 0 Å². The Hall–Kier alpha value is -3.21. The Labute approximate surface area is 131 Å². The van der Waals surface area contributed by atoms with Crippen LogP contribution in [0.2, 0.25) is 0 Å². The highest BCUT2D eigenvalue weighted by Gasteiger charge is 2.12. The van der Waals surface area contributed by atoms with Crippen molar-refractivity contribution in [2.45, 2.75) is 0 Å². The number of nitrogens with zero attached hydrogens (tertiary/aromatic N) is 1. The molecule has 0 aliphatic heterocycles. The van der Waals surface area contributed by atoms with Crippen LogP contribution in [-0.2, 0) is 0 Å². The number of nitrogens with one attached hydrogen (secondary N) is 2. The van der Waals surface area contributed by atoms with Crippen LogP contribution in [-0.4, -0.2) is 15.9 Å². The molecule has 2 aromatic carbocycles. The lowest BCUT2D eigenvalue weighted by atomic mass is 10.2. The van der Waals surface area contributed by atoms with Gasteiger partial charge in [-0.05, 0) is 36.4 Å². The minimum absolute atomic E-state index is 0.292. The molecule has 0 unspecified atom stereocenters. The summed E-state index contributed by atoms with van der Waals surface area (Å²) in [4.78, 5) is 19.7. The molecule has 5 heteroatoms. The lowest BCUT2D eigenvalue weighted by Gasteiger charge is -2.06. The van der Waals surface area contributed by atoms with Gasteiger partial charge in [0.2, 0.25) is 0 Å². The van der Waals surface area contributed by atoms with Crippen LogP contribution < -0.4 is 5.32 Å². The molecule has 4 rings (SSSR count). The second kappa shape index (κ2) is 5.21. The summed E-state index contributed by atoms with van der Waals surface area (Å²) in [6.45, 7) is 0. The third-order valence-corrected chi connectivity index (χ3v) is 3.71. The highest BCUT2D eigenvalue weighted by atomic mass is 19.1. The SMILES string of the molecule is O=C(Nc1cccc2cccnc12)c1cc2cc(F)ccc2[nH]1. The summed E-state index contributed by atoms with van der Waals surface area (Å²) in [6.07, 6.45) is 1.68. The lowest BCUT2D eigenvalue weighted by molar-refractivity contribution is 0.102. The Morgan fingerprint density at radius 2 is 1.91 bits per heavy atom. The van der Waals surface area contributed by atoms with E-state index in [1.807, 2.05) is 24.3 Å².